The van der Waals surface area contributed by atoms with Gasteiger partial charge in [-0.15, -0.1) is 0 Å². The topological polar surface area (TPSA) is 123 Å². The molecule has 1 aromatic carbocycles. The predicted molar refractivity (Wildman–Crippen MR) is 98.3 cm³/mol. The van der Waals surface area contributed by atoms with E-state index in [1.165, 1.54) is 6.26 Å². The number of amides is 1. The molecule has 8 nitrogen and oxygen atoms in total. The Morgan fingerprint density at radius 2 is 2.12 bits per heavy atom. The molecule has 0 heterocycles. The minimum absolute atomic E-state index is 0.0360. The molecule has 0 saturated carbocycles. The lowest BCUT2D eigenvalue weighted by Gasteiger charge is -2.17. The molecule has 1 aromatic rings. The number of carbonyl (C=O) groups is 1. The van der Waals surface area contributed by atoms with Crippen molar-refractivity contribution >= 4 is 21.7 Å². The quantitative estimate of drug-likeness (QED) is 0.417. The van der Waals surface area contributed by atoms with Crippen LogP contribution in [0, 0.1) is 0 Å². The number of guanidine groups is 1. The third kappa shape index (κ3) is 9.55. The Kier molecular flexibility index (Phi) is 8.20. The summed E-state index contributed by atoms with van der Waals surface area (Å²) in [6, 6.07) is 7.23. The molecule has 4 N–H and O–H groups in total. The van der Waals surface area contributed by atoms with E-state index in [0.717, 1.165) is 5.56 Å². The van der Waals surface area contributed by atoms with Crippen LogP contribution in [0.15, 0.2) is 29.3 Å². The van der Waals surface area contributed by atoms with Crippen molar-refractivity contribution in [2.24, 2.45) is 10.7 Å². The van der Waals surface area contributed by atoms with E-state index < -0.39 is 15.7 Å². The Morgan fingerprint density at radius 1 is 1.40 bits per heavy atom. The predicted octanol–water partition coefficient (Wildman–Crippen LogP) is 0.0389. The number of hydrogen-bond donors (Lipinski definition) is 3. The molecule has 1 atom stereocenters. The van der Waals surface area contributed by atoms with Gasteiger partial charge in [-0.05, 0) is 31.0 Å². The third-order valence-electron chi connectivity index (χ3n) is 3.27. The maximum absolute atomic E-state index is 11.2. The van der Waals surface area contributed by atoms with Gasteiger partial charge in [0.25, 0.3) is 5.91 Å². The van der Waals surface area contributed by atoms with Crippen molar-refractivity contribution in [1.82, 2.24) is 10.6 Å². The second-order valence-corrected chi connectivity index (χ2v) is 8.05. The van der Waals surface area contributed by atoms with Gasteiger partial charge in [0.2, 0.25) is 0 Å². The summed E-state index contributed by atoms with van der Waals surface area (Å²) in [5.74, 6) is 0.723. The molecule has 0 spiro atoms. The van der Waals surface area contributed by atoms with Crippen molar-refractivity contribution in [3.63, 3.8) is 0 Å². The maximum atomic E-state index is 11.2. The van der Waals surface area contributed by atoms with Gasteiger partial charge in [0.1, 0.15) is 15.6 Å². The van der Waals surface area contributed by atoms with Crippen molar-refractivity contribution in [2.45, 2.75) is 25.9 Å². The summed E-state index contributed by atoms with van der Waals surface area (Å²) in [7, 11) is -1.34. The van der Waals surface area contributed by atoms with Crippen LogP contribution in [-0.4, -0.2) is 52.0 Å². The first-order valence-corrected chi connectivity index (χ1v) is 9.90. The molecule has 25 heavy (non-hydrogen) atoms. The molecule has 140 valence electrons. The maximum Gasteiger partial charge on any atom is 0.255 e. The van der Waals surface area contributed by atoms with Crippen molar-refractivity contribution in [3.05, 3.63) is 29.8 Å². The van der Waals surface area contributed by atoms with Gasteiger partial charge in [0, 0.05) is 25.9 Å². The first-order chi connectivity index (χ1) is 11.7. The minimum atomic E-state index is -2.98. The number of sulfone groups is 1. The number of nitrogens with zero attached hydrogens (tertiary/aromatic N) is 1. The molecule has 1 amide bonds. The average Bonchev–Trinajstić information content (AvgIpc) is 2.54. The minimum Gasteiger partial charge on any atom is -0.484 e. The molecule has 0 aliphatic rings. The van der Waals surface area contributed by atoms with Crippen molar-refractivity contribution in [3.8, 4) is 5.75 Å². The number of primary amides is 1. The lowest BCUT2D eigenvalue weighted by atomic mass is 10.2. The van der Waals surface area contributed by atoms with E-state index in [0.29, 0.717) is 24.7 Å². The monoisotopic (exact) mass is 370 g/mol. The Morgan fingerprint density at radius 3 is 2.72 bits per heavy atom. The highest BCUT2D eigenvalue weighted by molar-refractivity contribution is 7.90. The Hall–Kier alpha value is -2.29. The zero-order valence-corrected chi connectivity index (χ0v) is 15.6. The average molecular weight is 370 g/mol. The van der Waals surface area contributed by atoms with Crippen LogP contribution >= 0.6 is 0 Å². The number of nitrogens with one attached hydrogen (secondary N) is 2. The molecule has 9 heteroatoms. The number of benzene rings is 1. The fourth-order valence-corrected chi connectivity index (χ4v) is 2.76. The van der Waals surface area contributed by atoms with Crippen LogP contribution < -0.4 is 21.1 Å². The van der Waals surface area contributed by atoms with Gasteiger partial charge in [0.05, 0.1) is 5.75 Å². The van der Waals surface area contributed by atoms with Gasteiger partial charge in [-0.2, -0.15) is 0 Å². The standard InChI is InChI=1S/C16H26N4O4S/c1-12(7-8-25(3,22)23)20-16(18-2)19-10-13-5-4-6-14(9-13)24-11-15(17)21/h4-6,9,12H,7-8,10-11H2,1-3H3,(H2,17,21)(H2,18,19,20). The summed E-state index contributed by atoms with van der Waals surface area (Å²) < 4.78 is 27.7. The largest absolute Gasteiger partial charge is 0.484 e. The van der Waals surface area contributed by atoms with Gasteiger partial charge < -0.3 is 21.1 Å². The molecule has 0 bridgehead atoms. The molecular weight excluding hydrogens is 344 g/mol. The van der Waals surface area contributed by atoms with Gasteiger partial charge in [-0.1, -0.05) is 12.1 Å². The van der Waals surface area contributed by atoms with E-state index >= 15 is 0 Å². The van der Waals surface area contributed by atoms with Crippen LogP contribution in [0.2, 0.25) is 0 Å². The summed E-state index contributed by atoms with van der Waals surface area (Å²) in [5.41, 5.74) is 5.99. The number of hydrogen-bond acceptors (Lipinski definition) is 5. The van der Waals surface area contributed by atoms with E-state index in [9.17, 15) is 13.2 Å². The molecule has 0 fully saturated rings. The normalized spacial score (nSPS) is 13.2. The van der Waals surface area contributed by atoms with Crippen LogP contribution in [0.4, 0.5) is 0 Å². The van der Waals surface area contributed by atoms with E-state index in [4.69, 9.17) is 10.5 Å². The first-order valence-electron chi connectivity index (χ1n) is 7.84. The molecule has 1 rings (SSSR count). The highest BCUT2D eigenvalue weighted by Crippen LogP contribution is 2.13. The van der Waals surface area contributed by atoms with E-state index in [2.05, 4.69) is 15.6 Å². The van der Waals surface area contributed by atoms with Gasteiger partial charge in [-0.3, -0.25) is 9.79 Å². The zero-order chi connectivity index (χ0) is 18.9. The smallest absolute Gasteiger partial charge is 0.255 e. The van der Waals surface area contributed by atoms with Crippen LogP contribution in [0.1, 0.15) is 18.9 Å². The first kappa shape index (κ1) is 20.8. The van der Waals surface area contributed by atoms with Crippen LogP contribution in [-0.2, 0) is 21.2 Å². The SMILES string of the molecule is CN=C(NCc1cccc(OCC(N)=O)c1)NC(C)CCS(C)(=O)=O. The second kappa shape index (κ2) is 9.87. The molecule has 0 aliphatic carbocycles. The number of rotatable bonds is 9. The Labute approximate surface area is 148 Å². The van der Waals surface area contributed by atoms with E-state index in [-0.39, 0.29) is 18.4 Å². The van der Waals surface area contributed by atoms with Crippen LogP contribution in [0.25, 0.3) is 0 Å². The zero-order valence-electron chi connectivity index (χ0n) is 14.8. The third-order valence-corrected chi connectivity index (χ3v) is 4.25. The number of carbonyl (C=O) groups excluding carboxylic acids is 1. The van der Waals surface area contributed by atoms with Crippen molar-refractivity contribution in [2.75, 3.05) is 25.7 Å². The van der Waals surface area contributed by atoms with Gasteiger partial charge >= 0.3 is 0 Å². The van der Waals surface area contributed by atoms with Gasteiger partial charge in [-0.25, -0.2) is 8.42 Å². The molecule has 0 aliphatic heterocycles. The summed E-state index contributed by atoms with van der Waals surface area (Å²) in [6.45, 7) is 2.22. The van der Waals surface area contributed by atoms with Gasteiger partial charge in [0.15, 0.2) is 12.6 Å². The number of aliphatic imine (C=N–C) groups is 1. The molecule has 0 aromatic heterocycles. The van der Waals surface area contributed by atoms with Crippen LogP contribution in [0.5, 0.6) is 5.75 Å². The highest BCUT2D eigenvalue weighted by Gasteiger charge is 2.09. The summed E-state index contributed by atoms with van der Waals surface area (Å²) in [4.78, 5) is 14.9. The fourth-order valence-electron chi connectivity index (χ4n) is 1.98. The Bertz CT molecular complexity index is 704. The molecule has 1 unspecified atom stereocenters. The summed E-state index contributed by atoms with van der Waals surface area (Å²) in [6.07, 6.45) is 1.72. The number of ether oxygens (including phenoxy) is 1. The van der Waals surface area contributed by atoms with Crippen molar-refractivity contribution < 1.29 is 17.9 Å². The highest BCUT2D eigenvalue weighted by atomic mass is 32.2. The summed E-state index contributed by atoms with van der Waals surface area (Å²) in [5, 5.41) is 6.29. The molecular formula is C16H26N4O4S. The lowest BCUT2D eigenvalue weighted by molar-refractivity contribution is -0.119. The van der Waals surface area contributed by atoms with Crippen LogP contribution in [0.3, 0.4) is 0 Å². The fraction of sp³-hybridized carbons (Fsp3) is 0.500. The molecule has 0 radical (unpaired) electrons. The van der Waals surface area contributed by atoms with Crippen molar-refractivity contribution in [1.29, 1.82) is 0 Å². The van der Waals surface area contributed by atoms with E-state index in [1.54, 1.807) is 19.2 Å². The summed E-state index contributed by atoms with van der Waals surface area (Å²) >= 11 is 0. The lowest BCUT2D eigenvalue weighted by Crippen LogP contribution is -2.42. The number of nitrogens with two attached hydrogens (primary N) is 1. The molecule has 0 saturated heterocycles. The second-order valence-electron chi connectivity index (χ2n) is 5.79. The Balaban J connectivity index is 2.51. The van der Waals surface area contributed by atoms with E-state index in [1.807, 2.05) is 19.1 Å².